The molecule has 0 bridgehead atoms. The first-order valence-corrected chi connectivity index (χ1v) is 8.73. The highest BCUT2D eigenvalue weighted by atomic mass is 19.2. The van der Waals surface area contributed by atoms with Gasteiger partial charge in [0, 0.05) is 32.7 Å². The molecule has 0 radical (unpaired) electrons. The molecule has 2 aromatic carbocycles. The molecule has 0 aliphatic carbocycles. The van der Waals surface area contributed by atoms with Crippen LogP contribution in [0.2, 0.25) is 0 Å². The molecule has 1 aliphatic heterocycles. The lowest BCUT2D eigenvalue weighted by molar-refractivity contribution is 0.0791. The van der Waals surface area contributed by atoms with Crippen molar-refractivity contribution in [1.29, 1.82) is 0 Å². The van der Waals surface area contributed by atoms with Gasteiger partial charge >= 0.3 is 0 Å². The first-order valence-electron chi connectivity index (χ1n) is 8.73. The molecule has 2 aromatic rings. The summed E-state index contributed by atoms with van der Waals surface area (Å²) in [7, 11) is 0. The molecular formula is C20H24F2N2O. The molecule has 0 unspecified atom stereocenters. The van der Waals surface area contributed by atoms with Gasteiger partial charge in [0.2, 0.25) is 0 Å². The van der Waals surface area contributed by atoms with Crippen molar-refractivity contribution in [3.63, 3.8) is 0 Å². The molecule has 0 saturated carbocycles. The third-order valence-corrected chi connectivity index (χ3v) is 4.70. The van der Waals surface area contributed by atoms with Gasteiger partial charge in [-0.15, -0.1) is 0 Å². The zero-order valence-electron chi connectivity index (χ0n) is 14.2. The van der Waals surface area contributed by atoms with Crippen LogP contribution in [-0.4, -0.2) is 29.2 Å². The second kappa shape index (κ2) is 8.52. The molecule has 3 rings (SSSR count). The van der Waals surface area contributed by atoms with E-state index in [4.69, 9.17) is 0 Å². The number of aliphatic hydroxyl groups excluding tert-OH is 1. The summed E-state index contributed by atoms with van der Waals surface area (Å²) >= 11 is 0. The minimum atomic E-state index is -0.819. The summed E-state index contributed by atoms with van der Waals surface area (Å²) in [6.45, 7) is 3.86. The SMILES string of the molecule is OC1CCN(Cc2ccccc2CNCc2ccc(F)c(F)c2)CC1. The Labute approximate surface area is 147 Å². The van der Waals surface area contributed by atoms with Crippen molar-refractivity contribution in [3.8, 4) is 0 Å². The van der Waals surface area contributed by atoms with Crippen LogP contribution in [0.4, 0.5) is 8.78 Å². The van der Waals surface area contributed by atoms with Crippen molar-refractivity contribution in [3.05, 3.63) is 70.8 Å². The number of halogens is 2. The lowest BCUT2D eigenvalue weighted by atomic mass is 10.0. The standard InChI is InChI=1S/C20H24F2N2O/c21-19-6-5-15(11-20(19)22)12-23-13-16-3-1-2-4-17(16)14-24-9-7-18(25)8-10-24/h1-6,11,18,23,25H,7-10,12-14H2. The van der Waals surface area contributed by atoms with Crippen LogP contribution in [0.3, 0.4) is 0 Å². The molecule has 134 valence electrons. The van der Waals surface area contributed by atoms with E-state index in [1.54, 1.807) is 6.07 Å². The van der Waals surface area contributed by atoms with Crippen molar-refractivity contribution in [1.82, 2.24) is 10.2 Å². The molecule has 1 aliphatic rings. The normalized spacial score (nSPS) is 16.3. The largest absolute Gasteiger partial charge is 0.393 e. The van der Waals surface area contributed by atoms with E-state index >= 15 is 0 Å². The van der Waals surface area contributed by atoms with E-state index in [1.807, 2.05) is 12.1 Å². The highest BCUT2D eigenvalue weighted by molar-refractivity contribution is 5.27. The van der Waals surface area contributed by atoms with Crippen molar-refractivity contribution in [2.45, 2.75) is 38.6 Å². The Balaban J connectivity index is 1.56. The van der Waals surface area contributed by atoms with E-state index in [-0.39, 0.29) is 6.10 Å². The average Bonchev–Trinajstić information content (AvgIpc) is 2.61. The number of hydrogen-bond donors (Lipinski definition) is 2. The maximum atomic E-state index is 13.3. The summed E-state index contributed by atoms with van der Waals surface area (Å²) in [6, 6.07) is 12.2. The molecule has 0 aromatic heterocycles. The Morgan fingerprint density at radius 1 is 0.960 bits per heavy atom. The zero-order valence-corrected chi connectivity index (χ0v) is 14.2. The Morgan fingerprint density at radius 2 is 1.68 bits per heavy atom. The van der Waals surface area contributed by atoms with Crippen molar-refractivity contribution in [2.24, 2.45) is 0 Å². The van der Waals surface area contributed by atoms with E-state index in [0.717, 1.165) is 44.1 Å². The van der Waals surface area contributed by atoms with Crippen LogP contribution in [0.25, 0.3) is 0 Å². The fourth-order valence-electron chi connectivity index (χ4n) is 3.19. The second-order valence-corrected chi connectivity index (χ2v) is 6.63. The predicted molar refractivity (Wildman–Crippen MR) is 93.9 cm³/mol. The minimum Gasteiger partial charge on any atom is -0.393 e. The van der Waals surface area contributed by atoms with Crippen molar-refractivity contribution in [2.75, 3.05) is 13.1 Å². The Morgan fingerprint density at radius 3 is 2.40 bits per heavy atom. The number of nitrogens with zero attached hydrogens (tertiary/aromatic N) is 1. The molecule has 0 spiro atoms. The summed E-state index contributed by atoms with van der Waals surface area (Å²) in [5.74, 6) is -1.63. The topological polar surface area (TPSA) is 35.5 Å². The highest BCUT2D eigenvalue weighted by Gasteiger charge is 2.17. The molecule has 0 amide bonds. The fraction of sp³-hybridized carbons (Fsp3) is 0.400. The molecule has 5 heteroatoms. The van der Waals surface area contributed by atoms with Gasteiger partial charge in [-0.3, -0.25) is 4.90 Å². The monoisotopic (exact) mass is 346 g/mol. The molecule has 2 N–H and O–H groups in total. The van der Waals surface area contributed by atoms with E-state index < -0.39 is 11.6 Å². The van der Waals surface area contributed by atoms with Crippen LogP contribution >= 0.6 is 0 Å². The maximum Gasteiger partial charge on any atom is 0.159 e. The molecule has 25 heavy (non-hydrogen) atoms. The van der Waals surface area contributed by atoms with Gasteiger partial charge in [0.25, 0.3) is 0 Å². The van der Waals surface area contributed by atoms with Gasteiger partial charge in [0.15, 0.2) is 11.6 Å². The summed E-state index contributed by atoms with van der Waals surface area (Å²) in [5, 5.41) is 12.9. The van der Waals surface area contributed by atoms with E-state index in [9.17, 15) is 13.9 Å². The number of likely N-dealkylation sites (tertiary alicyclic amines) is 1. The lowest BCUT2D eigenvalue weighted by Gasteiger charge is -2.30. The van der Waals surface area contributed by atoms with Crippen LogP contribution in [0.5, 0.6) is 0 Å². The smallest absolute Gasteiger partial charge is 0.159 e. The van der Waals surface area contributed by atoms with Crippen LogP contribution < -0.4 is 5.32 Å². The molecule has 0 atom stereocenters. The van der Waals surface area contributed by atoms with E-state index in [2.05, 4.69) is 22.3 Å². The van der Waals surface area contributed by atoms with Crippen molar-refractivity contribution < 1.29 is 13.9 Å². The number of rotatable bonds is 6. The van der Waals surface area contributed by atoms with Gasteiger partial charge in [-0.2, -0.15) is 0 Å². The number of piperidine rings is 1. The van der Waals surface area contributed by atoms with E-state index in [1.165, 1.54) is 17.2 Å². The fourth-order valence-corrected chi connectivity index (χ4v) is 3.19. The Kier molecular flexibility index (Phi) is 6.13. The highest BCUT2D eigenvalue weighted by Crippen LogP contribution is 2.17. The van der Waals surface area contributed by atoms with Crippen LogP contribution in [0, 0.1) is 11.6 Å². The number of nitrogens with one attached hydrogen (secondary N) is 1. The van der Waals surface area contributed by atoms with Crippen LogP contribution in [0.1, 0.15) is 29.5 Å². The number of hydrogen-bond acceptors (Lipinski definition) is 3. The molecule has 1 heterocycles. The summed E-state index contributed by atoms with van der Waals surface area (Å²) in [6.07, 6.45) is 1.50. The number of benzene rings is 2. The lowest BCUT2D eigenvalue weighted by Crippen LogP contribution is -2.35. The van der Waals surface area contributed by atoms with Gasteiger partial charge < -0.3 is 10.4 Å². The Hall–Kier alpha value is -1.82. The molecular weight excluding hydrogens is 322 g/mol. The second-order valence-electron chi connectivity index (χ2n) is 6.63. The van der Waals surface area contributed by atoms with Gasteiger partial charge in [-0.05, 0) is 41.7 Å². The summed E-state index contributed by atoms with van der Waals surface area (Å²) < 4.78 is 26.2. The molecule has 1 saturated heterocycles. The first kappa shape index (κ1) is 18.0. The third-order valence-electron chi connectivity index (χ3n) is 4.70. The Bertz CT molecular complexity index is 700. The summed E-state index contributed by atoms with van der Waals surface area (Å²) in [4.78, 5) is 2.36. The van der Waals surface area contributed by atoms with Crippen molar-refractivity contribution >= 4 is 0 Å². The summed E-state index contributed by atoms with van der Waals surface area (Å²) in [5.41, 5.74) is 3.19. The van der Waals surface area contributed by atoms with Gasteiger partial charge in [-0.25, -0.2) is 8.78 Å². The zero-order chi connectivity index (χ0) is 17.6. The predicted octanol–water partition coefficient (Wildman–Crippen LogP) is 3.21. The van der Waals surface area contributed by atoms with Gasteiger partial charge in [0.1, 0.15) is 0 Å². The molecule has 3 nitrogen and oxygen atoms in total. The quantitative estimate of drug-likeness (QED) is 0.843. The first-order chi connectivity index (χ1) is 12.1. The van der Waals surface area contributed by atoms with E-state index in [0.29, 0.717) is 13.1 Å². The van der Waals surface area contributed by atoms with Crippen LogP contribution in [0.15, 0.2) is 42.5 Å². The third kappa shape index (κ3) is 5.08. The van der Waals surface area contributed by atoms with Gasteiger partial charge in [0.05, 0.1) is 6.10 Å². The molecule has 1 fully saturated rings. The van der Waals surface area contributed by atoms with Gasteiger partial charge in [-0.1, -0.05) is 30.3 Å². The minimum absolute atomic E-state index is 0.163. The van der Waals surface area contributed by atoms with Crippen LogP contribution in [-0.2, 0) is 19.6 Å². The number of aliphatic hydroxyl groups is 1. The average molecular weight is 346 g/mol. The maximum absolute atomic E-state index is 13.3.